The van der Waals surface area contributed by atoms with E-state index in [1.165, 1.54) is 39.2 Å². The van der Waals surface area contributed by atoms with Gasteiger partial charge in [-0.25, -0.2) is 0 Å². The highest BCUT2D eigenvalue weighted by Crippen LogP contribution is 2.43. The first-order valence-corrected chi connectivity index (χ1v) is 13.3. The predicted molar refractivity (Wildman–Crippen MR) is 126 cm³/mol. The van der Waals surface area contributed by atoms with Crippen molar-refractivity contribution in [2.75, 3.05) is 4.90 Å². The van der Waals surface area contributed by atoms with Gasteiger partial charge in [0.25, 0.3) is 0 Å². The summed E-state index contributed by atoms with van der Waals surface area (Å²) in [5.74, 6) is 0. The van der Waals surface area contributed by atoms with Crippen molar-refractivity contribution in [2.24, 2.45) is 0 Å². The lowest BCUT2D eigenvalue weighted by Crippen LogP contribution is -2.49. The third-order valence-electron chi connectivity index (χ3n) is 6.71. The first kappa shape index (κ1) is 16.8. The van der Waals surface area contributed by atoms with E-state index in [1.54, 1.807) is 10.4 Å². The molecule has 140 valence electrons. The molecule has 0 atom stereocenters. The van der Waals surface area contributed by atoms with E-state index in [4.69, 9.17) is 0 Å². The molecule has 0 saturated carbocycles. The SMILES string of the molecule is C[Si]1(C)c2ccccc2-c2ccc(N3Cc4ccccc4-c4ccccc43)cc21. The van der Waals surface area contributed by atoms with Crippen LogP contribution in [0, 0.1) is 0 Å². The minimum atomic E-state index is -1.67. The number of rotatable bonds is 1. The summed E-state index contributed by atoms with van der Waals surface area (Å²) < 4.78 is 0. The molecular weight excluding hydrogens is 366 g/mol. The average Bonchev–Trinajstić information content (AvgIpc) is 3.00. The van der Waals surface area contributed by atoms with Crippen LogP contribution in [-0.2, 0) is 6.54 Å². The quantitative estimate of drug-likeness (QED) is 0.371. The third-order valence-corrected chi connectivity index (χ3v) is 10.3. The fraction of sp³-hybridized carbons (Fsp3) is 0.111. The standard InChI is InChI=1S/C27H23NSi/c1-29(2)26-14-8-6-12-23(26)24-16-15-20(17-27(24)29)28-18-19-9-3-4-10-21(19)22-11-5-7-13-25(22)28/h3-17H,18H2,1-2H3. The molecule has 4 aromatic carbocycles. The molecule has 2 aliphatic rings. The molecule has 4 aromatic rings. The molecule has 0 aliphatic carbocycles. The minimum Gasteiger partial charge on any atom is -0.336 e. The summed E-state index contributed by atoms with van der Waals surface area (Å²) in [4.78, 5) is 2.49. The van der Waals surface area contributed by atoms with Gasteiger partial charge < -0.3 is 4.90 Å². The smallest absolute Gasteiger partial charge is 0.113 e. The van der Waals surface area contributed by atoms with Crippen LogP contribution in [0.1, 0.15) is 5.56 Å². The zero-order valence-corrected chi connectivity index (χ0v) is 17.8. The third kappa shape index (κ3) is 2.33. The van der Waals surface area contributed by atoms with Crippen molar-refractivity contribution < 1.29 is 0 Å². The molecule has 0 amide bonds. The molecule has 0 radical (unpaired) electrons. The Morgan fingerprint density at radius 2 is 1.28 bits per heavy atom. The summed E-state index contributed by atoms with van der Waals surface area (Å²) in [7, 11) is -1.67. The van der Waals surface area contributed by atoms with E-state index in [-0.39, 0.29) is 0 Å². The Bertz CT molecular complexity index is 1270. The van der Waals surface area contributed by atoms with Gasteiger partial charge in [-0.1, -0.05) is 85.9 Å². The van der Waals surface area contributed by atoms with Crippen LogP contribution in [0.4, 0.5) is 11.4 Å². The zero-order chi connectivity index (χ0) is 19.6. The molecule has 6 rings (SSSR count). The summed E-state index contributed by atoms with van der Waals surface area (Å²) in [6, 6.07) is 33.8. The van der Waals surface area contributed by atoms with Crippen molar-refractivity contribution in [3.05, 3.63) is 96.6 Å². The van der Waals surface area contributed by atoms with Gasteiger partial charge in [-0.15, -0.1) is 0 Å². The van der Waals surface area contributed by atoms with Crippen LogP contribution in [0.3, 0.4) is 0 Å². The molecule has 29 heavy (non-hydrogen) atoms. The molecule has 0 spiro atoms. The van der Waals surface area contributed by atoms with Crippen LogP contribution in [0.25, 0.3) is 22.3 Å². The monoisotopic (exact) mass is 389 g/mol. The second-order valence-corrected chi connectivity index (χ2v) is 13.0. The Hall–Kier alpha value is -3.10. The van der Waals surface area contributed by atoms with Crippen molar-refractivity contribution in [1.82, 2.24) is 0 Å². The van der Waals surface area contributed by atoms with Gasteiger partial charge in [-0.2, -0.15) is 0 Å². The van der Waals surface area contributed by atoms with Crippen molar-refractivity contribution >= 4 is 29.8 Å². The van der Waals surface area contributed by atoms with E-state index in [2.05, 4.69) is 109 Å². The number of hydrogen-bond acceptors (Lipinski definition) is 1. The second kappa shape index (κ2) is 5.95. The van der Waals surface area contributed by atoms with Gasteiger partial charge >= 0.3 is 0 Å². The summed E-state index contributed by atoms with van der Waals surface area (Å²) in [5, 5.41) is 3.13. The average molecular weight is 390 g/mol. The first-order valence-electron chi connectivity index (χ1n) is 10.3. The highest BCUT2D eigenvalue weighted by molar-refractivity contribution is 7.03. The van der Waals surface area contributed by atoms with Crippen molar-refractivity contribution in [1.29, 1.82) is 0 Å². The molecule has 0 saturated heterocycles. The van der Waals surface area contributed by atoms with Gasteiger partial charge in [-0.05, 0) is 50.8 Å². The molecule has 0 aromatic heterocycles. The van der Waals surface area contributed by atoms with Crippen LogP contribution in [0.5, 0.6) is 0 Å². The topological polar surface area (TPSA) is 3.24 Å². The van der Waals surface area contributed by atoms with Crippen molar-refractivity contribution in [3.8, 4) is 22.3 Å². The maximum atomic E-state index is 2.49. The largest absolute Gasteiger partial charge is 0.336 e. The van der Waals surface area contributed by atoms with Gasteiger partial charge in [0, 0.05) is 23.5 Å². The first-order chi connectivity index (χ1) is 14.1. The van der Waals surface area contributed by atoms with Crippen LogP contribution in [0.15, 0.2) is 91.0 Å². The molecule has 0 unspecified atom stereocenters. The lowest BCUT2D eigenvalue weighted by atomic mass is 9.93. The molecule has 2 heterocycles. The highest BCUT2D eigenvalue weighted by atomic mass is 28.3. The Balaban J connectivity index is 1.53. The highest BCUT2D eigenvalue weighted by Gasteiger charge is 2.37. The number of fused-ring (bicyclic) bond motifs is 6. The van der Waals surface area contributed by atoms with Crippen molar-refractivity contribution in [3.63, 3.8) is 0 Å². The molecule has 0 bridgehead atoms. The molecule has 2 heteroatoms. The second-order valence-electron chi connectivity index (χ2n) is 8.66. The fourth-order valence-electron chi connectivity index (χ4n) is 5.20. The minimum absolute atomic E-state index is 0.918. The van der Waals surface area contributed by atoms with Crippen LogP contribution >= 0.6 is 0 Å². The van der Waals surface area contributed by atoms with E-state index in [0.717, 1.165) is 6.54 Å². The summed E-state index contributed by atoms with van der Waals surface area (Å²) >= 11 is 0. The molecule has 2 aliphatic heterocycles. The van der Waals surface area contributed by atoms with Gasteiger partial charge in [0.2, 0.25) is 0 Å². The summed E-state index contributed by atoms with van der Waals surface area (Å²) in [6.07, 6.45) is 0. The Kier molecular flexibility index (Phi) is 3.45. The van der Waals surface area contributed by atoms with E-state index < -0.39 is 8.07 Å². The zero-order valence-electron chi connectivity index (χ0n) is 16.8. The van der Waals surface area contributed by atoms with Gasteiger partial charge in [-0.3, -0.25) is 0 Å². The van der Waals surface area contributed by atoms with Crippen LogP contribution in [0.2, 0.25) is 13.1 Å². The number of benzene rings is 4. The van der Waals surface area contributed by atoms with E-state index in [1.807, 2.05) is 0 Å². The number of para-hydroxylation sites is 1. The number of hydrogen-bond donors (Lipinski definition) is 0. The Morgan fingerprint density at radius 3 is 2.14 bits per heavy atom. The molecule has 0 N–H and O–H groups in total. The maximum absolute atomic E-state index is 2.49. The lowest BCUT2D eigenvalue weighted by molar-refractivity contribution is 0.962. The Morgan fingerprint density at radius 1 is 0.621 bits per heavy atom. The normalized spacial score (nSPS) is 15.3. The fourth-order valence-corrected chi connectivity index (χ4v) is 8.30. The summed E-state index contributed by atoms with van der Waals surface area (Å²) in [5.41, 5.74) is 9.57. The maximum Gasteiger partial charge on any atom is 0.113 e. The molecular formula is C27H23NSi. The molecule has 1 nitrogen and oxygen atoms in total. The van der Waals surface area contributed by atoms with Gasteiger partial charge in [0.15, 0.2) is 0 Å². The van der Waals surface area contributed by atoms with Gasteiger partial charge in [0.05, 0.1) is 0 Å². The number of nitrogens with zero attached hydrogens (tertiary/aromatic N) is 1. The summed E-state index contributed by atoms with van der Waals surface area (Å²) in [6.45, 7) is 5.89. The lowest BCUT2D eigenvalue weighted by Gasteiger charge is -2.33. The van der Waals surface area contributed by atoms with Gasteiger partial charge in [0.1, 0.15) is 8.07 Å². The molecule has 0 fully saturated rings. The van der Waals surface area contributed by atoms with E-state index in [0.29, 0.717) is 0 Å². The predicted octanol–water partition coefficient (Wildman–Crippen LogP) is 5.81. The van der Waals surface area contributed by atoms with Crippen LogP contribution in [-0.4, -0.2) is 8.07 Å². The van der Waals surface area contributed by atoms with E-state index >= 15 is 0 Å². The van der Waals surface area contributed by atoms with Crippen molar-refractivity contribution in [2.45, 2.75) is 19.6 Å². The number of anilines is 2. The Labute approximate surface area is 173 Å². The van der Waals surface area contributed by atoms with E-state index in [9.17, 15) is 0 Å². The van der Waals surface area contributed by atoms with Crippen LogP contribution < -0.4 is 15.3 Å².